The van der Waals surface area contributed by atoms with Crippen molar-refractivity contribution in [2.75, 3.05) is 13.1 Å². The number of fused-ring (bicyclic) bond motifs is 1. The number of carbonyl (C=O) groups excluding carboxylic acids is 6. The molecule has 2 aromatic heterocycles. The van der Waals surface area contributed by atoms with Gasteiger partial charge in [-0.05, 0) is 61.9 Å². The maximum absolute atomic E-state index is 14.2. The van der Waals surface area contributed by atoms with E-state index in [9.17, 15) is 28.8 Å². The predicted octanol–water partition coefficient (Wildman–Crippen LogP) is 3.67. The number of benzene rings is 3. The van der Waals surface area contributed by atoms with E-state index >= 15 is 0 Å². The Morgan fingerprint density at radius 1 is 0.754 bits per heavy atom. The van der Waals surface area contributed by atoms with E-state index in [2.05, 4.69) is 25.6 Å². The van der Waals surface area contributed by atoms with Gasteiger partial charge in [0.05, 0.1) is 31.0 Å². The molecule has 322 valence electrons. The molecule has 0 radical (unpaired) electrons. The van der Waals surface area contributed by atoms with Crippen LogP contribution in [0.5, 0.6) is 0 Å². The van der Waals surface area contributed by atoms with Gasteiger partial charge in [0.25, 0.3) is 0 Å². The molecule has 5 rings (SSSR count). The number of H-pyrrole nitrogens is 2. The van der Waals surface area contributed by atoms with Crippen LogP contribution in [-0.4, -0.2) is 86.3 Å². The van der Waals surface area contributed by atoms with Crippen LogP contribution in [0, 0.1) is 11.8 Å². The number of unbranched alkanes of at least 4 members (excludes halogenated alkanes) is 1. The molecule has 4 amide bonds. The molecule has 0 bridgehead atoms. The van der Waals surface area contributed by atoms with Gasteiger partial charge in [0.2, 0.25) is 11.8 Å². The number of imidazole rings is 1. The molecule has 0 saturated heterocycles. The highest BCUT2D eigenvalue weighted by Gasteiger charge is 2.32. The summed E-state index contributed by atoms with van der Waals surface area (Å²) in [5.74, 6) is -3.90. The Labute approximate surface area is 355 Å². The van der Waals surface area contributed by atoms with Crippen LogP contribution >= 0.6 is 0 Å². The fraction of sp³-hybridized carbons (Fsp3) is 0.370. The van der Waals surface area contributed by atoms with E-state index in [0.717, 1.165) is 27.6 Å². The van der Waals surface area contributed by atoms with Crippen LogP contribution in [0.4, 0.5) is 4.79 Å². The third-order valence-corrected chi connectivity index (χ3v) is 10.9. The molecule has 5 atom stereocenters. The average molecular weight is 832 g/mol. The summed E-state index contributed by atoms with van der Waals surface area (Å²) in [5, 5.41) is 6.57. The van der Waals surface area contributed by atoms with Crippen molar-refractivity contribution in [3.8, 4) is 0 Å². The minimum atomic E-state index is -1.07. The summed E-state index contributed by atoms with van der Waals surface area (Å²) in [6.07, 6.45) is 6.78. The third kappa shape index (κ3) is 13.8. The first-order valence-corrected chi connectivity index (χ1v) is 20.7. The van der Waals surface area contributed by atoms with E-state index in [-0.39, 0.29) is 50.2 Å². The SMILES string of the molecule is C[C@H](NC(=O)[C@H](CC(=O)[C@@H](N)Cc1cnc[nH]1)Cc1c[nH]c2ccccc12)C(=O)CN(Cc1ccccc1)C(=O)N[C@H](Cc1ccccc1)C(=O)C[C@@H](CCCCN)C(N)=O. The molecule has 3 aromatic carbocycles. The summed E-state index contributed by atoms with van der Waals surface area (Å²) >= 11 is 0. The molecule has 0 spiro atoms. The number of amides is 4. The van der Waals surface area contributed by atoms with Crippen molar-refractivity contribution in [2.24, 2.45) is 29.0 Å². The molecule has 0 unspecified atom stereocenters. The number of ketones is 3. The number of nitrogens with zero attached hydrogens (tertiary/aromatic N) is 2. The lowest BCUT2D eigenvalue weighted by atomic mass is 9.90. The van der Waals surface area contributed by atoms with Crippen LogP contribution in [0.3, 0.4) is 0 Å². The molecule has 0 saturated carbocycles. The van der Waals surface area contributed by atoms with Crippen molar-refractivity contribution in [1.82, 2.24) is 30.5 Å². The Balaban J connectivity index is 1.33. The fourth-order valence-corrected chi connectivity index (χ4v) is 7.31. The number of aromatic amines is 2. The normalized spacial score (nSPS) is 13.7. The first-order chi connectivity index (χ1) is 29.4. The van der Waals surface area contributed by atoms with Gasteiger partial charge in [0.1, 0.15) is 0 Å². The van der Waals surface area contributed by atoms with E-state index in [1.54, 1.807) is 12.4 Å². The van der Waals surface area contributed by atoms with Crippen LogP contribution in [0.25, 0.3) is 10.9 Å². The molecule has 0 aliphatic rings. The van der Waals surface area contributed by atoms with E-state index in [0.29, 0.717) is 31.5 Å². The standard InChI is InChI=1S/C46H57N9O6/c1-30(53-45(60)34(21-35-25-51-39-18-9-8-17-37(35)39)23-41(56)38(48)24-36-26-50-29-52-36)43(58)28-55(27-32-14-6-3-7-15-32)46(61)54-40(20-31-12-4-2-5-13-31)42(57)22-33(44(49)59)16-10-11-19-47/h2-9,12-15,17-18,25-26,29-30,33-34,38,40,51H,10-11,16,19-24,27-28,47-48H2,1H3,(H2,49,59)(H,50,52)(H,53,60)(H,54,61)/t30-,33+,34-,38-,40+/m0/s1. The molecular weight excluding hydrogens is 775 g/mol. The van der Waals surface area contributed by atoms with Crippen LogP contribution in [0.2, 0.25) is 0 Å². The molecule has 15 nitrogen and oxygen atoms in total. The van der Waals surface area contributed by atoms with Gasteiger partial charge in [-0.3, -0.25) is 24.0 Å². The topological polar surface area (TPSA) is 252 Å². The fourth-order valence-electron chi connectivity index (χ4n) is 7.31. The smallest absolute Gasteiger partial charge is 0.318 e. The van der Waals surface area contributed by atoms with Gasteiger partial charge in [0, 0.05) is 66.6 Å². The highest BCUT2D eigenvalue weighted by Crippen LogP contribution is 2.23. The summed E-state index contributed by atoms with van der Waals surface area (Å²) < 4.78 is 0. The zero-order chi connectivity index (χ0) is 43.7. The summed E-state index contributed by atoms with van der Waals surface area (Å²) in [6, 6.07) is 22.2. The van der Waals surface area contributed by atoms with Gasteiger partial charge >= 0.3 is 6.03 Å². The number of hydrogen-bond acceptors (Lipinski definition) is 9. The molecule has 0 aliphatic heterocycles. The second-order valence-corrected chi connectivity index (χ2v) is 15.6. The number of Topliss-reactive ketones (excluding diaryl/α,β-unsaturated/α-hetero) is 3. The van der Waals surface area contributed by atoms with E-state index < -0.39 is 60.1 Å². The van der Waals surface area contributed by atoms with Crippen molar-refractivity contribution in [1.29, 1.82) is 0 Å². The number of nitrogens with one attached hydrogen (secondary N) is 4. The molecule has 0 aliphatic carbocycles. The molecule has 5 aromatic rings. The van der Waals surface area contributed by atoms with Crippen LogP contribution in [0.1, 0.15) is 61.4 Å². The number of urea groups is 1. The summed E-state index contributed by atoms with van der Waals surface area (Å²) in [5.41, 5.74) is 21.5. The Kier molecular flexibility index (Phi) is 17.0. The number of nitrogens with two attached hydrogens (primary N) is 3. The molecule has 15 heteroatoms. The Morgan fingerprint density at radius 2 is 1.43 bits per heavy atom. The number of rotatable bonds is 25. The molecule has 61 heavy (non-hydrogen) atoms. The average Bonchev–Trinajstić information content (AvgIpc) is 3.93. The predicted molar refractivity (Wildman–Crippen MR) is 233 cm³/mol. The van der Waals surface area contributed by atoms with E-state index in [1.807, 2.05) is 84.9 Å². The Hall–Kier alpha value is -6.45. The van der Waals surface area contributed by atoms with Crippen LogP contribution in [0.15, 0.2) is 104 Å². The first-order valence-electron chi connectivity index (χ1n) is 20.7. The number of primary amides is 1. The van der Waals surface area contributed by atoms with Crippen molar-refractivity contribution in [3.05, 3.63) is 126 Å². The second kappa shape index (κ2) is 22.8. The first kappa shape index (κ1) is 45.6. The van der Waals surface area contributed by atoms with Gasteiger partial charge < -0.3 is 42.7 Å². The lowest BCUT2D eigenvalue weighted by Crippen LogP contribution is -2.52. The van der Waals surface area contributed by atoms with Gasteiger partial charge in [-0.15, -0.1) is 0 Å². The Bertz CT molecular complexity index is 2210. The summed E-state index contributed by atoms with van der Waals surface area (Å²) in [7, 11) is 0. The lowest BCUT2D eigenvalue weighted by molar-refractivity contribution is -0.132. The molecule has 0 fully saturated rings. The van der Waals surface area contributed by atoms with Crippen molar-refractivity contribution >= 4 is 46.1 Å². The minimum absolute atomic E-state index is 0.0141. The zero-order valence-corrected chi connectivity index (χ0v) is 34.6. The number of aromatic nitrogens is 3. The number of hydrogen-bond donors (Lipinski definition) is 7. The third-order valence-electron chi connectivity index (χ3n) is 10.9. The minimum Gasteiger partial charge on any atom is -0.369 e. The van der Waals surface area contributed by atoms with Gasteiger partial charge in [0.15, 0.2) is 17.3 Å². The lowest BCUT2D eigenvalue weighted by Gasteiger charge is -2.28. The summed E-state index contributed by atoms with van der Waals surface area (Å²) in [6.45, 7) is 1.57. The van der Waals surface area contributed by atoms with E-state index in [1.165, 1.54) is 18.2 Å². The zero-order valence-electron chi connectivity index (χ0n) is 34.6. The Morgan fingerprint density at radius 3 is 2.10 bits per heavy atom. The van der Waals surface area contributed by atoms with E-state index in [4.69, 9.17) is 17.2 Å². The number of para-hydroxylation sites is 1. The van der Waals surface area contributed by atoms with Crippen LogP contribution in [-0.2, 0) is 49.8 Å². The van der Waals surface area contributed by atoms with Crippen molar-refractivity contribution in [3.63, 3.8) is 0 Å². The highest BCUT2D eigenvalue weighted by atomic mass is 16.2. The van der Waals surface area contributed by atoms with Crippen LogP contribution < -0.4 is 27.8 Å². The second-order valence-electron chi connectivity index (χ2n) is 15.6. The van der Waals surface area contributed by atoms with Gasteiger partial charge in [-0.25, -0.2) is 9.78 Å². The quantitative estimate of drug-likeness (QED) is 0.0423. The largest absolute Gasteiger partial charge is 0.369 e. The van der Waals surface area contributed by atoms with Crippen molar-refractivity contribution in [2.45, 2.75) is 83.0 Å². The maximum atomic E-state index is 14.2. The van der Waals surface area contributed by atoms with Crippen molar-refractivity contribution < 1.29 is 28.8 Å². The molecule has 10 N–H and O–H groups in total. The molecular formula is C46H57N9O6. The van der Waals surface area contributed by atoms with Gasteiger partial charge in [-0.1, -0.05) is 85.3 Å². The van der Waals surface area contributed by atoms with Gasteiger partial charge in [-0.2, -0.15) is 0 Å². The monoisotopic (exact) mass is 831 g/mol. The summed E-state index contributed by atoms with van der Waals surface area (Å²) in [4.78, 5) is 93.5. The molecule has 2 heterocycles. The maximum Gasteiger partial charge on any atom is 0.318 e. The highest BCUT2D eigenvalue weighted by molar-refractivity contribution is 5.96. The number of carbonyl (C=O) groups is 6.